The molecule has 1 amide bonds. The highest BCUT2D eigenvalue weighted by Crippen LogP contribution is 2.41. The smallest absolute Gasteiger partial charge is 0.263 e. The van der Waals surface area contributed by atoms with Crippen molar-refractivity contribution in [1.82, 2.24) is 20.5 Å². The molecule has 1 N–H and O–H groups in total. The number of ether oxygens (including phenoxy) is 1. The van der Waals surface area contributed by atoms with E-state index in [1.807, 2.05) is 0 Å². The van der Waals surface area contributed by atoms with Crippen LogP contribution in [0, 0.1) is 0 Å². The van der Waals surface area contributed by atoms with Gasteiger partial charge in [-0.3, -0.25) is 4.79 Å². The van der Waals surface area contributed by atoms with E-state index < -0.39 is 0 Å². The molecule has 2 aliphatic rings. The maximum absolute atomic E-state index is 12.3. The van der Waals surface area contributed by atoms with Gasteiger partial charge in [0.05, 0.1) is 17.7 Å². The first-order chi connectivity index (χ1) is 11.3. The number of thiazole rings is 1. The normalized spacial score (nSPS) is 19.0. The number of hydrogen-bond donors (Lipinski definition) is 1. The fraction of sp³-hybridized carbons (Fsp3) is 0.600. The third kappa shape index (κ3) is 3.59. The predicted molar refractivity (Wildman–Crippen MR) is 88.0 cm³/mol. The van der Waals surface area contributed by atoms with Crippen molar-refractivity contribution in [1.29, 1.82) is 0 Å². The first kappa shape index (κ1) is 15.2. The molecular formula is C15H18N4O2S2. The molecule has 4 rings (SSSR count). The Hall–Kier alpha value is -1.38. The van der Waals surface area contributed by atoms with E-state index in [4.69, 9.17) is 4.74 Å². The van der Waals surface area contributed by atoms with Gasteiger partial charge in [0, 0.05) is 25.0 Å². The van der Waals surface area contributed by atoms with E-state index in [-0.39, 0.29) is 5.91 Å². The Labute approximate surface area is 142 Å². The lowest BCUT2D eigenvalue weighted by Crippen LogP contribution is -2.21. The minimum Gasteiger partial charge on any atom is -0.381 e. The van der Waals surface area contributed by atoms with Crippen molar-refractivity contribution in [3.63, 3.8) is 0 Å². The second-order valence-corrected chi connectivity index (χ2v) is 8.10. The minimum atomic E-state index is -0.0796. The number of amides is 1. The second-order valence-electron chi connectivity index (χ2n) is 5.94. The van der Waals surface area contributed by atoms with Gasteiger partial charge in [-0.05, 0) is 25.7 Å². The van der Waals surface area contributed by atoms with Gasteiger partial charge in [-0.2, -0.15) is 0 Å². The van der Waals surface area contributed by atoms with Gasteiger partial charge < -0.3 is 10.1 Å². The predicted octanol–water partition coefficient (Wildman–Crippen LogP) is 2.70. The Morgan fingerprint density at radius 1 is 1.13 bits per heavy atom. The molecule has 2 aromatic rings. The van der Waals surface area contributed by atoms with Gasteiger partial charge in [0.1, 0.15) is 14.9 Å². The van der Waals surface area contributed by atoms with Crippen molar-refractivity contribution in [3.8, 4) is 0 Å². The number of carbonyl (C=O) groups is 1. The summed E-state index contributed by atoms with van der Waals surface area (Å²) in [5.74, 6) is 0.962. The van der Waals surface area contributed by atoms with E-state index in [0.29, 0.717) is 23.3 Å². The summed E-state index contributed by atoms with van der Waals surface area (Å²) in [5, 5.41) is 14.3. The molecule has 0 spiro atoms. The zero-order valence-corrected chi connectivity index (χ0v) is 14.3. The maximum Gasteiger partial charge on any atom is 0.263 e. The standard InChI is InChI=1S/C15H18N4O2S2/c20-13(16-8-12-18-19-15(23-12)9-1-2-9)11-7-17-14(22-11)10-3-5-21-6-4-10/h7,9-10H,1-6,8H2,(H,16,20). The number of rotatable bonds is 5. The van der Waals surface area contributed by atoms with Gasteiger partial charge in [-0.25, -0.2) is 4.98 Å². The summed E-state index contributed by atoms with van der Waals surface area (Å²) >= 11 is 3.10. The van der Waals surface area contributed by atoms with E-state index >= 15 is 0 Å². The van der Waals surface area contributed by atoms with Crippen molar-refractivity contribution in [2.75, 3.05) is 13.2 Å². The van der Waals surface area contributed by atoms with Gasteiger partial charge in [-0.1, -0.05) is 11.3 Å². The Kier molecular flexibility index (Phi) is 4.37. The lowest BCUT2D eigenvalue weighted by Gasteiger charge is -2.19. The van der Waals surface area contributed by atoms with Crippen molar-refractivity contribution in [2.24, 2.45) is 0 Å². The molecule has 0 bridgehead atoms. The zero-order chi connectivity index (χ0) is 15.6. The molecule has 23 heavy (non-hydrogen) atoms. The molecule has 1 aliphatic heterocycles. The SMILES string of the molecule is O=C(NCc1nnc(C2CC2)s1)c1cnc(C2CCOCC2)s1. The van der Waals surface area contributed by atoms with E-state index in [1.54, 1.807) is 17.5 Å². The number of carbonyl (C=O) groups excluding carboxylic acids is 1. The van der Waals surface area contributed by atoms with E-state index in [2.05, 4.69) is 20.5 Å². The molecule has 3 heterocycles. The van der Waals surface area contributed by atoms with Crippen molar-refractivity contribution in [2.45, 2.75) is 44.1 Å². The molecule has 0 aromatic carbocycles. The van der Waals surface area contributed by atoms with Gasteiger partial charge >= 0.3 is 0 Å². The molecule has 2 aromatic heterocycles. The zero-order valence-electron chi connectivity index (χ0n) is 12.7. The highest BCUT2D eigenvalue weighted by molar-refractivity contribution is 7.13. The quantitative estimate of drug-likeness (QED) is 0.897. The molecule has 0 atom stereocenters. The third-order valence-electron chi connectivity index (χ3n) is 4.13. The van der Waals surface area contributed by atoms with Crippen LogP contribution >= 0.6 is 22.7 Å². The van der Waals surface area contributed by atoms with Crippen molar-refractivity contribution in [3.05, 3.63) is 26.1 Å². The summed E-state index contributed by atoms with van der Waals surface area (Å²) in [6.07, 6.45) is 6.10. The molecular weight excluding hydrogens is 332 g/mol. The van der Waals surface area contributed by atoms with Gasteiger partial charge in [0.25, 0.3) is 5.91 Å². The average molecular weight is 350 g/mol. The van der Waals surface area contributed by atoms with Gasteiger partial charge in [0.15, 0.2) is 0 Å². The monoisotopic (exact) mass is 350 g/mol. The van der Waals surface area contributed by atoms with E-state index in [1.165, 1.54) is 24.2 Å². The van der Waals surface area contributed by atoms with Crippen LogP contribution in [0.2, 0.25) is 0 Å². The van der Waals surface area contributed by atoms with Crippen molar-refractivity contribution >= 4 is 28.6 Å². The summed E-state index contributed by atoms with van der Waals surface area (Å²) in [6.45, 7) is 2.01. The van der Waals surface area contributed by atoms with E-state index in [9.17, 15) is 4.79 Å². The van der Waals surface area contributed by atoms with Crippen LogP contribution in [0.5, 0.6) is 0 Å². The highest BCUT2D eigenvalue weighted by atomic mass is 32.1. The summed E-state index contributed by atoms with van der Waals surface area (Å²) in [6, 6.07) is 0. The maximum atomic E-state index is 12.3. The topological polar surface area (TPSA) is 77.0 Å². The first-order valence-electron chi connectivity index (χ1n) is 7.93. The molecule has 8 heteroatoms. The van der Waals surface area contributed by atoms with Crippen LogP contribution in [-0.4, -0.2) is 34.3 Å². The number of nitrogens with zero attached hydrogens (tertiary/aromatic N) is 3. The molecule has 0 unspecified atom stereocenters. The number of aromatic nitrogens is 3. The summed E-state index contributed by atoms with van der Waals surface area (Å²) in [4.78, 5) is 17.4. The van der Waals surface area contributed by atoms with Crippen LogP contribution in [0.1, 0.15) is 62.2 Å². The summed E-state index contributed by atoms with van der Waals surface area (Å²) in [7, 11) is 0. The fourth-order valence-corrected chi connectivity index (χ4v) is 4.56. The van der Waals surface area contributed by atoms with Crippen LogP contribution < -0.4 is 5.32 Å². The Morgan fingerprint density at radius 2 is 1.91 bits per heavy atom. The van der Waals surface area contributed by atoms with Crippen molar-refractivity contribution < 1.29 is 9.53 Å². The lowest BCUT2D eigenvalue weighted by molar-refractivity contribution is 0.0853. The first-order valence-corrected chi connectivity index (χ1v) is 9.57. The van der Waals surface area contributed by atoms with Crippen LogP contribution in [0.4, 0.5) is 0 Å². The molecule has 1 aliphatic carbocycles. The number of hydrogen-bond acceptors (Lipinski definition) is 7. The van der Waals surface area contributed by atoms with Crippen LogP contribution in [0.15, 0.2) is 6.20 Å². The van der Waals surface area contributed by atoms with Crippen LogP contribution in [-0.2, 0) is 11.3 Å². The van der Waals surface area contributed by atoms with Gasteiger partial charge in [0.2, 0.25) is 0 Å². The molecule has 6 nitrogen and oxygen atoms in total. The Balaban J connectivity index is 1.33. The fourth-order valence-electron chi connectivity index (χ4n) is 2.60. The van der Waals surface area contributed by atoms with Crippen LogP contribution in [0.3, 0.4) is 0 Å². The van der Waals surface area contributed by atoms with Crippen LogP contribution in [0.25, 0.3) is 0 Å². The second kappa shape index (κ2) is 6.62. The largest absolute Gasteiger partial charge is 0.381 e. The average Bonchev–Trinajstić information content (AvgIpc) is 3.14. The highest BCUT2D eigenvalue weighted by Gasteiger charge is 2.27. The van der Waals surface area contributed by atoms with E-state index in [0.717, 1.165) is 41.1 Å². The minimum absolute atomic E-state index is 0.0796. The summed E-state index contributed by atoms with van der Waals surface area (Å²) < 4.78 is 5.37. The van der Waals surface area contributed by atoms with Gasteiger partial charge in [-0.15, -0.1) is 21.5 Å². The Morgan fingerprint density at radius 3 is 2.70 bits per heavy atom. The molecule has 1 saturated heterocycles. The lowest BCUT2D eigenvalue weighted by atomic mass is 10.0. The molecule has 0 radical (unpaired) electrons. The molecule has 1 saturated carbocycles. The summed E-state index contributed by atoms with van der Waals surface area (Å²) in [5.41, 5.74) is 0. The molecule has 2 fully saturated rings. The third-order valence-corrected chi connectivity index (χ3v) is 6.37. The molecule has 122 valence electrons. The number of nitrogens with one attached hydrogen (secondary N) is 1. The Bertz CT molecular complexity index is 689.